The van der Waals surface area contributed by atoms with E-state index in [2.05, 4.69) is 21.2 Å². The van der Waals surface area contributed by atoms with E-state index in [4.69, 9.17) is 10.5 Å². The van der Waals surface area contributed by atoms with Crippen LogP contribution in [0.5, 0.6) is 0 Å². The number of ether oxygens (including phenoxy) is 1. The molecule has 3 N–H and O–H groups in total. The fourth-order valence-corrected chi connectivity index (χ4v) is 2.85. The van der Waals surface area contributed by atoms with Crippen LogP contribution < -0.4 is 11.1 Å². The standard InChI is InChI=1S/C14H21BrN2O/c15-13-10-11(16)6-7-14(13)17-8-9-18-12-4-2-1-3-5-12/h6-7,10,12,17H,1-5,8-9,16H2. The van der Waals surface area contributed by atoms with E-state index in [1.807, 2.05) is 18.2 Å². The van der Waals surface area contributed by atoms with Gasteiger partial charge in [0.2, 0.25) is 0 Å². The van der Waals surface area contributed by atoms with Gasteiger partial charge in [-0.15, -0.1) is 0 Å². The number of hydrogen-bond acceptors (Lipinski definition) is 3. The number of nitrogens with two attached hydrogens (primary N) is 1. The summed E-state index contributed by atoms with van der Waals surface area (Å²) in [4.78, 5) is 0. The van der Waals surface area contributed by atoms with E-state index in [1.165, 1.54) is 32.1 Å². The molecule has 4 heteroatoms. The van der Waals surface area contributed by atoms with E-state index < -0.39 is 0 Å². The van der Waals surface area contributed by atoms with Crippen LogP contribution in [0.25, 0.3) is 0 Å². The van der Waals surface area contributed by atoms with Gasteiger partial charge >= 0.3 is 0 Å². The first-order valence-electron chi connectivity index (χ1n) is 6.66. The fraction of sp³-hybridized carbons (Fsp3) is 0.571. The van der Waals surface area contributed by atoms with Crippen LogP contribution in [0.4, 0.5) is 11.4 Å². The van der Waals surface area contributed by atoms with Crippen molar-refractivity contribution >= 4 is 27.3 Å². The summed E-state index contributed by atoms with van der Waals surface area (Å²) in [5.74, 6) is 0. The minimum atomic E-state index is 0.482. The predicted octanol–water partition coefficient (Wildman–Crippen LogP) is 3.79. The van der Waals surface area contributed by atoms with Crippen LogP contribution in [0.1, 0.15) is 32.1 Å². The number of nitrogen functional groups attached to an aromatic ring is 1. The molecule has 18 heavy (non-hydrogen) atoms. The molecule has 0 atom stereocenters. The predicted molar refractivity (Wildman–Crippen MR) is 79.9 cm³/mol. The minimum Gasteiger partial charge on any atom is -0.399 e. The van der Waals surface area contributed by atoms with Gasteiger partial charge in [0.15, 0.2) is 0 Å². The number of rotatable bonds is 5. The molecule has 0 unspecified atom stereocenters. The Balaban J connectivity index is 1.68. The van der Waals surface area contributed by atoms with Gasteiger partial charge in [-0.05, 0) is 47.0 Å². The molecule has 0 saturated heterocycles. The van der Waals surface area contributed by atoms with Crippen molar-refractivity contribution in [3.05, 3.63) is 22.7 Å². The van der Waals surface area contributed by atoms with Crippen molar-refractivity contribution in [1.82, 2.24) is 0 Å². The first-order valence-corrected chi connectivity index (χ1v) is 7.45. The zero-order valence-electron chi connectivity index (χ0n) is 10.6. The van der Waals surface area contributed by atoms with E-state index >= 15 is 0 Å². The van der Waals surface area contributed by atoms with Crippen molar-refractivity contribution < 1.29 is 4.74 Å². The van der Waals surface area contributed by atoms with Crippen LogP contribution in [-0.2, 0) is 4.74 Å². The monoisotopic (exact) mass is 312 g/mol. The van der Waals surface area contributed by atoms with Crippen molar-refractivity contribution in [3.8, 4) is 0 Å². The van der Waals surface area contributed by atoms with E-state index in [0.717, 1.165) is 29.0 Å². The summed E-state index contributed by atoms with van der Waals surface area (Å²) in [5, 5.41) is 3.35. The lowest BCUT2D eigenvalue weighted by atomic mass is 9.98. The molecule has 1 saturated carbocycles. The largest absolute Gasteiger partial charge is 0.399 e. The Bertz CT molecular complexity index is 378. The van der Waals surface area contributed by atoms with Crippen LogP contribution in [0.3, 0.4) is 0 Å². The van der Waals surface area contributed by atoms with Crippen LogP contribution in [0, 0.1) is 0 Å². The summed E-state index contributed by atoms with van der Waals surface area (Å²) >= 11 is 3.49. The molecule has 0 bridgehead atoms. The summed E-state index contributed by atoms with van der Waals surface area (Å²) in [6, 6.07) is 5.79. The van der Waals surface area contributed by atoms with Crippen LogP contribution in [-0.4, -0.2) is 19.3 Å². The van der Waals surface area contributed by atoms with Crippen molar-refractivity contribution in [2.24, 2.45) is 0 Å². The van der Waals surface area contributed by atoms with Gasteiger partial charge in [-0.1, -0.05) is 19.3 Å². The number of anilines is 2. The average Bonchev–Trinajstić information content (AvgIpc) is 2.38. The highest BCUT2D eigenvalue weighted by atomic mass is 79.9. The first kappa shape index (κ1) is 13.7. The topological polar surface area (TPSA) is 47.3 Å². The molecule has 0 amide bonds. The lowest BCUT2D eigenvalue weighted by molar-refractivity contribution is 0.0347. The quantitative estimate of drug-likeness (QED) is 0.642. The van der Waals surface area contributed by atoms with Gasteiger partial charge in [-0.25, -0.2) is 0 Å². The van der Waals surface area contributed by atoms with Crippen molar-refractivity contribution in [3.63, 3.8) is 0 Å². The van der Waals surface area contributed by atoms with Crippen LogP contribution >= 0.6 is 15.9 Å². The molecule has 3 nitrogen and oxygen atoms in total. The maximum absolute atomic E-state index is 5.87. The maximum atomic E-state index is 5.87. The Hall–Kier alpha value is -0.740. The maximum Gasteiger partial charge on any atom is 0.0642 e. The molecule has 1 aromatic rings. The third-order valence-electron chi connectivity index (χ3n) is 3.32. The van der Waals surface area contributed by atoms with Crippen LogP contribution in [0.15, 0.2) is 22.7 Å². The Morgan fingerprint density at radius 3 is 2.78 bits per heavy atom. The zero-order valence-corrected chi connectivity index (χ0v) is 12.2. The average molecular weight is 313 g/mol. The van der Waals surface area contributed by atoms with Gasteiger partial charge < -0.3 is 15.8 Å². The molecule has 0 aromatic heterocycles. The van der Waals surface area contributed by atoms with Crippen molar-refractivity contribution in [1.29, 1.82) is 0 Å². The zero-order chi connectivity index (χ0) is 12.8. The first-order chi connectivity index (χ1) is 8.75. The normalized spacial score (nSPS) is 16.7. The molecule has 0 radical (unpaired) electrons. The van der Waals surface area contributed by atoms with Gasteiger partial charge in [-0.2, -0.15) is 0 Å². The molecule has 0 aliphatic heterocycles. The van der Waals surface area contributed by atoms with E-state index in [0.29, 0.717) is 6.10 Å². The highest BCUT2D eigenvalue weighted by Gasteiger charge is 2.12. The van der Waals surface area contributed by atoms with Gasteiger partial charge in [0.05, 0.1) is 12.7 Å². The molecule has 0 spiro atoms. The van der Waals surface area contributed by atoms with Gasteiger partial charge in [-0.3, -0.25) is 0 Å². The second-order valence-electron chi connectivity index (χ2n) is 4.80. The smallest absolute Gasteiger partial charge is 0.0642 e. The Morgan fingerprint density at radius 2 is 2.06 bits per heavy atom. The van der Waals surface area contributed by atoms with Gasteiger partial charge in [0.1, 0.15) is 0 Å². The third kappa shape index (κ3) is 4.18. The third-order valence-corrected chi connectivity index (χ3v) is 3.97. The van der Waals surface area contributed by atoms with E-state index in [-0.39, 0.29) is 0 Å². The van der Waals surface area contributed by atoms with Crippen LogP contribution in [0.2, 0.25) is 0 Å². The molecule has 100 valence electrons. The van der Waals surface area contributed by atoms with Gasteiger partial charge in [0, 0.05) is 22.4 Å². The minimum absolute atomic E-state index is 0.482. The number of nitrogens with one attached hydrogen (secondary N) is 1. The highest BCUT2D eigenvalue weighted by Crippen LogP contribution is 2.24. The Kier molecular flexibility index (Phi) is 5.32. The number of benzene rings is 1. The fourth-order valence-electron chi connectivity index (χ4n) is 2.32. The SMILES string of the molecule is Nc1ccc(NCCOC2CCCCC2)c(Br)c1. The lowest BCUT2D eigenvalue weighted by Crippen LogP contribution is -2.20. The summed E-state index contributed by atoms with van der Waals surface area (Å²) in [6.45, 7) is 1.60. The van der Waals surface area contributed by atoms with Crippen molar-refractivity contribution in [2.45, 2.75) is 38.2 Å². The molecular formula is C14H21BrN2O. The second-order valence-corrected chi connectivity index (χ2v) is 5.65. The Morgan fingerprint density at radius 1 is 1.28 bits per heavy atom. The van der Waals surface area contributed by atoms with Crippen molar-refractivity contribution in [2.75, 3.05) is 24.2 Å². The molecule has 2 rings (SSSR count). The Labute approximate surface area is 117 Å². The number of hydrogen-bond donors (Lipinski definition) is 2. The summed E-state index contributed by atoms with van der Waals surface area (Å²) in [7, 11) is 0. The molecular weight excluding hydrogens is 292 g/mol. The molecule has 1 aliphatic carbocycles. The molecule has 1 aliphatic rings. The summed E-state index contributed by atoms with van der Waals surface area (Å²) in [5.41, 5.74) is 7.53. The summed E-state index contributed by atoms with van der Waals surface area (Å²) in [6.07, 6.45) is 6.95. The van der Waals surface area contributed by atoms with E-state index in [9.17, 15) is 0 Å². The molecule has 1 aromatic carbocycles. The summed E-state index contributed by atoms with van der Waals surface area (Å²) < 4.78 is 6.87. The molecule has 0 heterocycles. The second kappa shape index (κ2) is 7.00. The highest BCUT2D eigenvalue weighted by molar-refractivity contribution is 9.10. The molecule has 1 fully saturated rings. The van der Waals surface area contributed by atoms with E-state index in [1.54, 1.807) is 0 Å². The number of halogens is 1. The van der Waals surface area contributed by atoms with Gasteiger partial charge in [0.25, 0.3) is 0 Å². The lowest BCUT2D eigenvalue weighted by Gasteiger charge is -2.22.